The molecule has 5 heteroatoms. The molecule has 1 heterocycles. The molecule has 0 unspecified atom stereocenters. The summed E-state index contributed by atoms with van der Waals surface area (Å²) in [7, 11) is 0. The Kier molecular flexibility index (Phi) is 6.88. The Labute approximate surface area is 163 Å². The average molecular weight is 378 g/mol. The highest BCUT2D eigenvalue weighted by Gasteiger charge is 2.03. The van der Waals surface area contributed by atoms with E-state index in [-0.39, 0.29) is 5.91 Å². The zero-order valence-electron chi connectivity index (χ0n) is 15.2. The van der Waals surface area contributed by atoms with Gasteiger partial charge in [0.25, 0.3) is 5.91 Å². The van der Waals surface area contributed by atoms with E-state index in [0.717, 1.165) is 10.6 Å². The summed E-state index contributed by atoms with van der Waals surface area (Å²) in [5.74, 6) is 0.986. The number of aromatic nitrogens is 1. The molecule has 0 fully saturated rings. The summed E-state index contributed by atoms with van der Waals surface area (Å²) in [6.45, 7) is 3.28. The molecule has 0 saturated heterocycles. The number of amides is 1. The molecule has 0 aliphatic rings. The Bertz CT molecular complexity index is 934. The van der Waals surface area contributed by atoms with Crippen LogP contribution >= 0.6 is 11.8 Å². The lowest BCUT2D eigenvalue weighted by Crippen LogP contribution is -2.22. The van der Waals surface area contributed by atoms with Crippen LogP contribution in [0.15, 0.2) is 88.9 Å². The first-order valence-corrected chi connectivity index (χ1v) is 9.86. The van der Waals surface area contributed by atoms with Crippen molar-refractivity contribution in [2.45, 2.75) is 18.4 Å². The summed E-state index contributed by atoms with van der Waals surface area (Å²) in [5.41, 5.74) is 1.83. The van der Waals surface area contributed by atoms with Gasteiger partial charge in [0.2, 0.25) is 0 Å². The van der Waals surface area contributed by atoms with Crippen molar-refractivity contribution in [3.8, 4) is 5.75 Å². The van der Waals surface area contributed by atoms with Gasteiger partial charge >= 0.3 is 0 Å². The fourth-order valence-electron chi connectivity index (χ4n) is 2.59. The van der Waals surface area contributed by atoms with Crippen molar-refractivity contribution in [1.82, 2.24) is 4.57 Å². The second-order valence-electron chi connectivity index (χ2n) is 5.87. The van der Waals surface area contributed by atoms with Gasteiger partial charge in [0.05, 0.1) is 12.4 Å². The number of hydrogen-bond acceptors (Lipinski definition) is 3. The monoisotopic (exact) mass is 378 g/mol. The van der Waals surface area contributed by atoms with Gasteiger partial charge in [-0.1, -0.05) is 36.4 Å². The molecule has 1 aromatic heterocycles. The molecular formula is C22H22N2O2S. The zero-order valence-corrected chi connectivity index (χ0v) is 16.1. The number of ether oxygens (including phenoxy) is 1. The van der Waals surface area contributed by atoms with E-state index in [1.807, 2.05) is 78.4 Å². The third-order valence-electron chi connectivity index (χ3n) is 3.85. The fraction of sp³-hybridized carbons (Fsp3) is 0.182. The minimum Gasteiger partial charge on any atom is -0.494 e. The third kappa shape index (κ3) is 5.86. The molecule has 27 heavy (non-hydrogen) atoms. The van der Waals surface area contributed by atoms with Crippen molar-refractivity contribution in [3.63, 3.8) is 0 Å². The van der Waals surface area contributed by atoms with Gasteiger partial charge in [-0.2, -0.15) is 4.99 Å². The van der Waals surface area contributed by atoms with Crippen LogP contribution in [0.4, 0.5) is 0 Å². The van der Waals surface area contributed by atoms with Gasteiger partial charge < -0.3 is 9.30 Å². The van der Waals surface area contributed by atoms with Gasteiger partial charge in [-0.3, -0.25) is 4.79 Å². The highest BCUT2D eigenvalue weighted by atomic mass is 32.2. The molecular weight excluding hydrogens is 356 g/mol. The van der Waals surface area contributed by atoms with E-state index >= 15 is 0 Å². The molecule has 3 aromatic rings. The molecule has 0 saturated carbocycles. The quantitative estimate of drug-likeness (QED) is 0.580. The zero-order chi connectivity index (χ0) is 18.9. The van der Waals surface area contributed by atoms with E-state index in [1.165, 1.54) is 17.3 Å². The average Bonchev–Trinajstić information content (AvgIpc) is 2.70. The van der Waals surface area contributed by atoms with Gasteiger partial charge in [-0.25, -0.2) is 0 Å². The van der Waals surface area contributed by atoms with Crippen LogP contribution in [-0.4, -0.2) is 22.8 Å². The predicted octanol–water partition coefficient (Wildman–Crippen LogP) is 4.15. The number of carbonyl (C=O) groups excluding carboxylic acids is 1. The maximum absolute atomic E-state index is 12.3. The number of pyridine rings is 1. The van der Waals surface area contributed by atoms with E-state index in [0.29, 0.717) is 24.4 Å². The summed E-state index contributed by atoms with van der Waals surface area (Å²) < 4.78 is 7.41. The lowest BCUT2D eigenvalue weighted by Gasteiger charge is -2.07. The van der Waals surface area contributed by atoms with Crippen LogP contribution in [0.25, 0.3) is 0 Å². The lowest BCUT2D eigenvalue weighted by molar-refractivity contribution is -0.115. The predicted molar refractivity (Wildman–Crippen MR) is 109 cm³/mol. The third-order valence-corrected chi connectivity index (χ3v) is 4.85. The van der Waals surface area contributed by atoms with Crippen LogP contribution in [0.5, 0.6) is 5.75 Å². The number of benzene rings is 2. The van der Waals surface area contributed by atoms with Crippen LogP contribution in [0.3, 0.4) is 0 Å². The molecule has 0 spiro atoms. The van der Waals surface area contributed by atoms with E-state index in [9.17, 15) is 4.79 Å². The molecule has 3 rings (SSSR count). The summed E-state index contributed by atoms with van der Waals surface area (Å²) >= 11 is 1.48. The second kappa shape index (κ2) is 9.78. The lowest BCUT2D eigenvalue weighted by atomic mass is 10.2. The van der Waals surface area contributed by atoms with E-state index < -0.39 is 0 Å². The summed E-state index contributed by atoms with van der Waals surface area (Å²) in [6.07, 6.45) is 1.94. The highest BCUT2D eigenvalue weighted by Crippen LogP contribution is 2.21. The first-order valence-electron chi connectivity index (χ1n) is 8.87. The molecule has 1 amide bonds. The molecule has 0 bridgehead atoms. The number of thioether (sulfide) groups is 1. The van der Waals surface area contributed by atoms with Crippen molar-refractivity contribution >= 4 is 17.7 Å². The van der Waals surface area contributed by atoms with Gasteiger partial charge in [-0.15, -0.1) is 11.8 Å². The Morgan fingerprint density at radius 1 is 1.00 bits per heavy atom. The van der Waals surface area contributed by atoms with Crippen molar-refractivity contribution in [3.05, 3.63) is 90.0 Å². The fourth-order valence-corrected chi connectivity index (χ4v) is 3.27. The van der Waals surface area contributed by atoms with Crippen LogP contribution in [0.1, 0.15) is 12.5 Å². The number of rotatable bonds is 7. The normalized spacial score (nSPS) is 11.4. The Balaban J connectivity index is 1.66. The molecule has 4 nitrogen and oxygen atoms in total. The minimum absolute atomic E-state index is 0.151. The molecule has 0 aliphatic heterocycles. The summed E-state index contributed by atoms with van der Waals surface area (Å²) in [5, 5.41) is 0. The Hall–Kier alpha value is -2.79. The van der Waals surface area contributed by atoms with Crippen LogP contribution in [-0.2, 0) is 11.3 Å². The Morgan fingerprint density at radius 2 is 1.74 bits per heavy atom. The molecule has 0 atom stereocenters. The highest BCUT2D eigenvalue weighted by molar-refractivity contribution is 8.00. The standard InChI is InChI=1S/C22H22N2O2S/c1-2-26-19-11-13-20(14-12-19)27-17-22(25)23-21-10-6-7-15-24(21)16-18-8-4-3-5-9-18/h3-15H,2,16-17H2,1H3. The number of hydrogen-bond donors (Lipinski definition) is 0. The second-order valence-corrected chi connectivity index (χ2v) is 6.92. The molecule has 138 valence electrons. The van der Waals surface area contributed by atoms with Gasteiger partial charge in [0.1, 0.15) is 11.2 Å². The van der Waals surface area contributed by atoms with Crippen molar-refractivity contribution in [1.29, 1.82) is 0 Å². The minimum atomic E-state index is -0.151. The SMILES string of the molecule is CCOc1ccc(SCC(=O)N=c2ccccn2Cc2ccccc2)cc1. The van der Waals surface area contributed by atoms with E-state index in [2.05, 4.69) is 17.1 Å². The Morgan fingerprint density at radius 3 is 2.48 bits per heavy atom. The molecule has 0 N–H and O–H groups in total. The number of carbonyl (C=O) groups is 1. The van der Waals surface area contributed by atoms with Gasteiger partial charge in [0, 0.05) is 17.6 Å². The smallest absolute Gasteiger partial charge is 0.257 e. The number of nitrogens with zero attached hydrogens (tertiary/aromatic N) is 2. The van der Waals surface area contributed by atoms with Crippen molar-refractivity contribution < 1.29 is 9.53 Å². The van der Waals surface area contributed by atoms with Crippen LogP contribution < -0.4 is 10.2 Å². The topological polar surface area (TPSA) is 43.6 Å². The van der Waals surface area contributed by atoms with Crippen LogP contribution in [0, 0.1) is 0 Å². The van der Waals surface area contributed by atoms with E-state index in [4.69, 9.17) is 4.74 Å². The van der Waals surface area contributed by atoms with Gasteiger partial charge in [0.15, 0.2) is 0 Å². The van der Waals surface area contributed by atoms with E-state index in [1.54, 1.807) is 0 Å². The van der Waals surface area contributed by atoms with Crippen molar-refractivity contribution in [2.24, 2.45) is 4.99 Å². The molecule has 0 radical (unpaired) electrons. The summed E-state index contributed by atoms with van der Waals surface area (Å²) in [4.78, 5) is 17.7. The maximum atomic E-state index is 12.3. The first kappa shape index (κ1) is 19.0. The first-order chi connectivity index (χ1) is 13.2. The maximum Gasteiger partial charge on any atom is 0.257 e. The summed E-state index contributed by atoms with van der Waals surface area (Å²) in [6, 6.07) is 23.6. The van der Waals surface area contributed by atoms with Crippen molar-refractivity contribution in [2.75, 3.05) is 12.4 Å². The molecule has 2 aromatic carbocycles. The van der Waals surface area contributed by atoms with Gasteiger partial charge in [-0.05, 0) is 48.9 Å². The largest absolute Gasteiger partial charge is 0.494 e. The molecule has 0 aliphatic carbocycles. The van der Waals surface area contributed by atoms with Crippen LogP contribution in [0.2, 0.25) is 0 Å².